The third-order valence-electron chi connectivity index (χ3n) is 1.90. The molecule has 2 rings (SSSR count). The lowest BCUT2D eigenvalue weighted by molar-refractivity contribution is 0.0946. The molecule has 4 heteroatoms. The molecule has 2 heterocycles. The maximum absolute atomic E-state index is 11.3. The van der Waals surface area contributed by atoms with E-state index in [1.54, 1.807) is 6.20 Å². The summed E-state index contributed by atoms with van der Waals surface area (Å²) in [5.74, 6) is -0.116. The largest absolute Gasteiger partial charge is 0.352 e. The van der Waals surface area contributed by atoms with Crippen molar-refractivity contribution < 1.29 is 4.79 Å². The Morgan fingerprint density at radius 2 is 2.42 bits per heavy atom. The molecule has 0 atom stereocenters. The van der Waals surface area contributed by atoms with Gasteiger partial charge in [0, 0.05) is 12.7 Å². The summed E-state index contributed by atoms with van der Waals surface area (Å²) in [6.07, 6.45) is 2.46. The first kappa shape index (κ1) is 7.55. The number of amides is 1. The molecule has 1 aliphatic heterocycles. The highest BCUT2D eigenvalue weighted by atomic mass is 35.5. The van der Waals surface area contributed by atoms with Crippen LogP contribution in [0.4, 0.5) is 0 Å². The van der Waals surface area contributed by atoms with Crippen LogP contribution < -0.4 is 5.32 Å². The van der Waals surface area contributed by atoms with Crippen LogP contribution in [-0.2, 0) is 6.42 Å². The Morgan fingerprint density at radius 3 is 3.17 bits per heavy atom. The maximum atomic E-state index is 11.3. The van der Waals surface area contributed by atoms with Gasteiger partial charge in [-0.15, -0.1) is 0 Å². The van der Waals surface area contributed by atoms with Gasteiger partial charge in [0.15, 0.2) is 0 Å². The lowest BCUT2D eigenvalue weighted by atomic mass is 10.0. The highest BCUT2D eigenvalue weighted by molar-refractivity contribution is 6.32. The fourth-order valence-corrected chi connectivity index (χ4v) is 1.58. The molecule has 0 saturated heterocycles. The van der Waals surface area contributed by atoms with Crippen LogP contribution in [0.5, 0.6) is 0 Å². The molecule has 1 aromatic heterocycles. The Labute approximate surface area is 74.8 Å². The molecule has 62 valence electrons. The number of hydrogen-bond donors (Lipinski definition) is 1. The minimum Gasteiger partial charge on any atom is -0.352 e. The summed E-state index contributed by atoms with van der Waals surface area (Å²) in [5, 5.41) is 3.01. The molecule has 0 saturated carbocycles. The first-order valence-corrected chi connectivity index (χ1v) is 4.08. The molecule has 0 aliphatic carbocycles. The first-order chi connectivity index (χ1) is 5.79. The van der Waals surface area contributed by atoms with Crippen LogP contribution >= 0.6 is 11.6 Å². The maximum Gasteiger partial charge on any atom is 0.254 e. The zero-order valence-electron chi connectivity index (χ0n) is 6.30. The second-order valence-corrected chi connectivity index (χ2v) is 3.00. The van der Waals surface area contributed by atoms with Crippen LogP contribution in [0.1, 0.15) is 15.9 Å². The normalized spacial score (nSPS) is 15.2. The second-order valence-electron chi connectivity index (χ2n) is 2.64. The van der Waals surface area contributed by atoms with Crippen LogP contribution in [0.25, 0.3) is 0 Å². The molecular formula is C8H7ClN2O. The van der Waals surface area contributed by atoms with Gasteiger partial charge in [-0.2, -0.15) is 0 Å². The van der Waals surface area contributed by atoms with Crippen molar-refractivity contribution >= 4 is 17.5 Å². The smallest absolute Gasteiger partial charge is 0.254 e. The summed E-state index contributed by atoms with van der Waals surface area (Å²) in [5.41, 5.74) is 1.52. The molecular weight excluding hydrogens is 176 g/mol. The minimum absolute atomic E-state index is 0.116. The van der Waals surface area contributed by atoms with Crippen molar-refractivity contribution in [2.75, 3.05) is 6.54 Å². The zero-order chi connectivity index (χ0) is 8.55. The zero-order valence-corrected chi connectivity index (χ0v) is 7.06. The molecule has 3 nitrogen and oxygen atoms in total. The van der Waals surface area contributed by atoms with Crippen LogP contribution in [0.15, 0.2) is 12.3 Å². The third-order valence-corrected chi connectivity index (χ3v) is 2.18. The molecule has 0 radical (unpaired) electrons. The summed E-state index contributed by atoms with van der Waals surface area (Å²) < 4.78 is 0. The summed E-state index contributed by atoms with van der Waals surface area (Å²) in [4.78, 5) is 15.1. The van der Waals surface area contributed by atoms with Gasteiger partial charge in [-0.25, -0.2) is 4.98 Å². The lowest BCUT2D eigenvalue weighted by Crippen LogP contribution is -2.32. The van der Waals surface area contributed by atoms with Gasteiger partial charge in [0.25, 0.3) is 5.91 Å². The van der Waals surface area contributed by atoms with Gasteiger partial charge in [-0.3, -0.25) is 4.79 Å². The third kappa shape index (κ3) is 1.06. The van der Waals surface area contributed by atoms with Crippen LogP contribution in [0.3, 0.4) is 0 Å². The molecule has 0 bridgehead atoms. The van der Waals surface area contributed by atoms with Gasteiger partial charge < -0.3 is 5.32 Å². The van der Waals surface area contributed by atoms with Gasteiger partial charge >= 0.3 is 0 Å². The summed E-state index contributed by atoms with van der Waals surface area (Å²) in [6.45, 7) is 0.687. The Kier molecular flexibility index (Phi) is 1.73. The Hall–Kier alpha value is -1.09. The SMILES string of the molecule is O=C1NCCc2ccnc(Cl)c21. The average Bonchev–Trinajstić information content (AvgIpc) is 2.04. The van der Waals surface area contributed by atoms with Crippen molar-refractivity contribution in [3.05, 3.63) is 28.5 Å². The number of aromatic nitrogens is 1. The Morgan fingerprint density at radius 1 is 1.58 bits per heavy atom. The predicted octanol–water partition coefficient (Wildman–Crippen LogP) is 1.02. The van der Waals surface area contributed by atoms with E-state index in [0.717, 1.165) is 12.0 Å². The number of halogens is 1. The fourth-order valence-electron chi connectivity index (χ4n) is 1.32. The standard InChI is InChI=1S/C8H7ClN2O/c9-7-6-5(1-3-10-7)2-4-11-8(6)12/h1,3H,2,4H2,(H,11,12). The number of nitrogens with zero attached hydrogens (tertiary/aromatic N) is 1. The molecule has 12 heavy (non-hydrogen) atoms. The van der Waals surface area contributed by atoms with Gasteiger partial charge in [0.05, 0.1) is 5.56 Å². The molecule has 0 spiro atoms. The minimum atomic E-state index is -0.116. The van der Waals surface area contributed by atoms with E-state index in [1.807, 2.05) is 6.07 Å². The van der Waals surface area contributed by atoms with Gasteiger partial charge in [0.2, 0.25) is 0 Å². The van der Waals surface area contributed by atoms with E-state index in [1.165, 1.54) is 0 Å². The van der Waals surface area contributed by atoms with Gasteiger partial charge in [0.1, 0.15) is 5.15 Å². The molecule has 0 aromatic carbocycles. The molecule has 1 N–H and O–H groups in total. The van der Waals surface area contributed by atoms with E-state index in [4.69, 9.17) is 11.6 Å². The fraction of sp³-hybridized carbons (Fsp3) is 0.250. The van der Waals surface area contributed by atoms with Crippen molar-refractivity contribution in [3.63, 3.8) is 0 Å². The first-order valence-electron chi connectivity index (χ1n) is 3.70. The number of carbonyl (C=O) groups excluding carboxylic acids is 1. The number of fused-ring (bicyclic) bond motifs is 1. The number of rotatable bonds is 0. The molecule has 0 unspecified atom stereocenters. The van der Waals surface area contributed by atoms with Crippen molar-refractivity contribution in [1.82, 2.24) is 10.3 Å². The predicted molar refractivity (Wildman–Crippen MR) is 45.3 cm³/mol. The molecule has 1 aliphatic rings. The highest BCUT2D eigenvalue weighted by Crippen LogP contribution is 2.19. The Balaban J connectivity index is 2.60. The number of carbonyl (C=O) groups is 1. The lowest BCUT2D eigenvalue weighted by Gasteiger charge is -2.15. The number of nitrogens with one attached hydrogen (secondary N) is 1. The number of pyridine rings is 1. The van der Waals surface area contributed by atoms with Gasteiger partial charge in [-0.05, 0) is 18.1 Å². The van der Waals surface area contributed by atoms with Crippen LogP contribution in [0.2, 0.25) is 5.15 Å². The van der Waals surface area contributed by atoms with E-state index in [2.05, 4.69) is 10.3 Å². The van der Waals surface area contributed by atoms with Crippen LogP contribution in [-0.4, -0.2) is 17.4 Å². The van der Waals surface area contributed by atoms with E-state index in [0.29, 0.717) is 17.3 Å². The van der Waals surface area contributed by atoms with Crippen molar-refractivity contribution in [2.24, 2.45) is 0 Å². The van der Waals surface area contributed by atoms with E-state index >= 15 is 0 Å². The molecule has 1 amide bonds. The van der Waals surface area contributed by atoms with E-state index in [9.17, 15) is 4.79 Å². The topological polar surface area (TPSA) is 42.0 Å². The quantitative estimate of drug-likeness (QED) is 0.609. The summed E-state index contributed by atoms with van der Waals surface area (Å²) in [6, 6.07) is 1.83. The van der Waals surface area contributed by atoms with E-state index < -0.39 is 0 Å². The second kappa shape index (κ2) is 2.75. The Bertz CT molecular complexity index is 338. The van der Waals surface area contributed by atoms with Crippen molar-refractivity contribution in [3.8, 4) is 0 Å². The number of hydrogen-bond acceptors (Lipinski definition) is 2. The summed E-state index contributed by atoms with van der Waals surface area (Å²) >= 11 is 5.77. The summed E-state index contributed by atoms with van der Waals surface area (Å²) in [7, 11) is 0. The van der Waals surface area contributed by atoms with Gasteiger partial charge in [-0.1, -0.05) is 11.6 Å². The highest BCUT2D eigenvalue weighted by Gasteiger charge is 2.19. The van der Waals surface area contributed by atoms with Crippen LogP contribution in [0, 0.1) is 0 Å². The van der Waals surface area contributed by atoms with E-state index in [-0.39, 0.29) is 5.91 Å². The van der Waals surface area contributed by atoms with Crippen molar-refractivity contribution in [1.29, 1.82) is 0 Å². The molecule has 0 fully saturated rings. The molecule has 1 aromatic rings. The monoisotopic (exact) mass is 182 g/mol. The average molecular weight is 183 g/mol. The van der Waals surface area contributed by atoms with Crippen molar-refractivity contribution in [2.45, 2.75) is 6.42 Å².